The number of hydrogen-bond acceptors (Lipinski definition) is 5. The highest BCUT2D eigenvalue weighted by Crippen LogP contribution is 2.25. The Kier molecular flexibility index (Phi) is 5.68. The lowest BCUT2D eigenvalue weighted by Gasteiger charge is -2.22. The lowest BCUT2D eigenvalue weighted by Crippen LogP contribution is -2.20. The number of aromatic nitrogens is 2. The van der Waals surface area contributed by atoms with Crippen LogP contribution in [0.15, 0.2) is 42.7 Å². The summed E-state index contributed by atoms with van der Waals surface area (Å²) in [7, 11) is 0. The minimum Gasteiger partial charge on any atom is -0.460 e. The number of rotatable bonds is 7. The fraction of sp³-hybridized carbons (Fsp3) is 0.389. The molecule has 0 unspecified atom stereocenters. The van der Waals surface area contributed by atoms with E-state index in [1.165, 1.54) is 6.33 Å². The van der Waals surface area contributed by atoms with Crippen molar-refractivity contribution in [3.05, 3.63) is 54.0 Å². The van der Waals surface area contributed by atoms with Crippen LogP contribution < -0.4 is 5.32 Å². The molecule has 0 aliphatic carbocycles. The Morgan fingerprint density at radius 1 is 1.22 bits per heavy atom. The van der Waals surface area contributed by atoms with Gasteiger partial charge in [0.05, 0.1) is 5.69 Å². The van der Waals surface area contributed by atoms with Crippen LogP contribution in [0.5, 0.6) is 0 Å². The average molecular weight is 313 g/mol. The van der Waals surface area contributed by atoms with Gasteiger partial charge in [0, 0.05) is 11.5 Å². The van der Waals surface area contributed by atoms with E-state index in [4.69, 9.17) is 4.74 Å². The SMILES string of the molecule is CCC(C)(C)c1cc(NCC(=O)OCc2ccccc2)ncn1. The van der Waals surface area contributed by atoms with Crippen LogP contribution in [0, 0.1) is 0 Å². The number of esters is 1. The molecule has 1 aromatic heterocycles. The molecule has 122 valence electrons. The van der Waals surface area contributed by atoms with Crippen molar-refractivity contribution in [2.45, 2.75) is 39.2 Å². The highest BCUT2D eigenvalue weighted by Gasteiger charge is 2.20. The maximum Gasteiger partial charge on any atom is 0.325 e. The van der Waals surface area contributed by atoms with Crippen LogP contribution >= 0.6 is 0 Å². The van der Waals surface area contributed by atoms with Crippen molar-refractivity contribution in [2.75, 3.05) is 11.9 Å². The maximum absolute atomic E-state index is 11.8. The summed E-state index contributed by atoms with van der Waals surface area (Å²) in [6, 6.07) is 11.5. The Hall–Kier alpha value is -2.43. The predicted molar refractivity (Wildman–Crippen MR) is 90.1 cm³/mol. The van der Waals surface area contributed by atoms with E-state index < -0.39 is 0 Å². The van der Waals surface area contributed by atoms with Gasteiger partial charge in [0.1, 0.15) is 25.3 Å². The molecule has 0 saturated heterocycles. The molecule has 0 aliphatic rings. The number of nitrogens with one attached hydrogen (secondary N) is 1. The van der Waals surface area contributed by atoms with E-state index in [2.05, 4.69) is 36.1 Å². The van der Waals surface area contributed by atoms with Gasteiger partial charge in [-0.3, -0.25) is 4.79 Å². The van der Waals surface area contributed by atoms with Gasteiger partial charge in [-0.05, 0) is 12.0 Å². The van der Waals surface area contributed by atoms with E-state index in [1.807, 2.05) is 36.4 Å². The fourth-order valence-corrected chi connectivity index (χ4v) is 1.96. The van der Waals surface area contributed by atoms with E-state index in [9.17, 15) is 4.79 Å². The lowest BCUT2D eigenvalue weighted by atomic mass is 9.86. The molecule has 1 aromatic carbocycles. The van der Waals surface area contributed by atoms with Gasteiger partial charge in [0.15, 0.2) is 0 Å². The van der Waals surface area contributed by atoms with E-state index >= 15 is 0 Å². The van der Waals surface area contributed by atoms with Gasteiger partial charge in [-0.25, -0.2) is 9.97 Å². The topological polar surface area (TPSA) is 64.1 Å². The average Bonchev–Trinajstić information content (AvgIpc) is 2.59. The Morgan fingerprint density at radius 2 is 1.96 bits per heavy atom. The number of hydrogen-bond donors (Lipinski definition) is 1. The minimum absolute atomic E-state index is 0.0206. The Labute approximate surface area is 137 Å². The van der Waals surface area contributed by atoms with Crippen LogP contribution in [0.1, 0.15) is 38.4 Å². The molecule has 23 heavy (non-hydrogen) atoms. The quantitative estimate of drug-likeness (QED) is 0.794. The zero-order valence-electron chi connectivity index (χ0n) is 13.9. The number of carbonyl (C=O) groups excluding carboxylic acids is 1. The predicted octanol–water partition coefficient (Wildman–Crippen LogP) is 3.32. The van der Waals surface area contributed by atoms with Gasteiger partial charge in [0.25, 0.3) is 0 Å². The largest absolute Gasteiger partial charge is 0.460 e. The first-order chi connectivity index (χ1) is 11.0. The highest BCUT2D eigenvalue weighted by atomic mass is 16.5. The molecule has 1 N–H and O–H groups in total. The van der Waals surface area contributed by atoms with Gasteiger partial charge in [-0.1, -0.05) is 51.1 Å². The second kappa shape index (κ2) is 7.72. The molecule has 0 atom stereocenters. The van der Waals surface area contributed by atoms with Gasteiger partial charge >= 0.3 is 5.97 Å². The summed E-state index contributed by atoms with van der Waals surface area (Å²) in [5.74, 6) is 0.317. The second-order valence-corrected chi connectivity index (χ2v) is 6.03. The molecular formula is C18H23N3O2. The number of carbonyl (C=O) groups is 1. The molecule has 0 spiro atoms. The third kappa shape index (κ3) is 5.06. The summed E-state index contributed by atoms with van der Waals surface area (Å²) in [5, 5.41) is 2.99. The molecule has 0 aliphatic heterocycles. The smallest absolute Gasteiger partial charge is 0.325 e. The number of benzene rings is 1. The lowest BCUT2D eigenvalue weighted by molar-refractivity contribution is -0.142. The van der Waals surface area contributed by atoms with Crippen molar-refractivity contribution in [2.24, 2.45) is 0 Å². The van der Waals surface area contributed by atoms with Crippen LogP contribution in [0.3, 0.4) is 0 Å². The van der Waals surface area contributed by atoms with Gasteiger partial charge in [-0.15, -0.1) is 0 Å². The third-order valence-electron chi connectivity index (χ3n) is 3.90. The summed E-state index contributed by atoms with van der Waals surface area (Å²) in [5.41, 5.74) is 1.90. The highest BCUT2D eigenvalue weighted by molar-refractivity contribution is 5.74. The van der Waals surface area contributed by atoms with Crippen LogP contribution in [0.25, 0.3) is 0 Å². The van der Waals surface area contributed by atoms with Crippen molar-refractivity contribution in [3.8, 4) is 0 Å². The van der Waals surface area contributed by atoms with Crippen LogP contribution in [0.2, 0.25) is 0 Å². The first kappa shape index (κ1) is 16.9. The summed E-state index contributed by atoms with van der Waals surface area (Å²) in [6.45, 7) is 6.74. The van der Waals surface area contributed by atoms with Crippen LogP contribution in [0.4, 0.5) is 5.82 Å². The Balaban J connectivity index is 1.86. The second-order valence-electron chi connectivity index (χ2n) is 6.03. The molecule has 1 heterocycles. The van der Waals surface area contributed by atoms with Crippen molar-refractivity contribution in [3.63, 3.8) is 0 Å². The molecule has 0 radical (unpaired) electrons. The standard InChI is InChI=1S/C18H23N3O2/c1-4-18(2,3)15-10-16(21-13-20-15)19-11-17(22)23-12-14-8-6-5-7-9-14/h5-10,13H,4,11-12H2,1-3H3,(H,19,20,21). The number of anilines is 1. The van der Waals surface area contributed by atoms with Crippen molar-refractivity contribution in [1.82, 2.24) is 9.97 Å². The molecule has 5 heteroatoms. The molecule has 0 bridgehead atoms. The van der Waals surface area contributed by atoms with Gasteiger partial charge in [-0.2, -0.15) is 0 Å². The molecule has 0 amide bonds. The van der Waals surface area contributed by atoms with E-state index in [-0.39, 0.29) is 24.5 Å². The number of nitrogens with zero attached hydrogens (tertiary/aromatic N) is 2. The molecule has 0 saturated carbocycles. The van der Waals surface area contributed by atoms with Gasteiger partial charge < -0.3 is 10.1 Å². The van der Waals surface area contributed by atoms with E-state index in [0.29, 0.717) is 5.82 Å². The van der Waals surface area contributed by atoms with Crippen LogP contribution in [-0.2, 0) is 21.6 Å². The monoisotopic (exact) mass is 313 g/mol. The summed E-state index contributed by atoms with van der Waals surface area (Å²) < 4.78 is 5.22. The maximum atomic E-state index is 11.8. The Bertz CT molecular complexity index is 642. The first-order valence-electron chi connectivity index (χ1n) is 7.77. The fourth-order valence-electron chi connectivity index (χ4n) is 1.96. The minimum atomic E-state index is -0.316. The third-order valence-corrected chi connectivity index (χ3v) is 3.90. The normalized spacial score (nSPS) is 11.1. The summed E-state index contributed by atoms with van der Waals surface area (Å²) in [4.78, 5) is 20.3. The van der Waals surface area contributed by atoms with Gasteiger partial charge in [0.2, 0.25) is 0 Å². The summed E-state index contributed by atoms with van der Waals surface area (Å²) >= 11 is 0. The van der Waals surface area contributed by atoms with Crippen molar-refractivity contribution < 1.29 is 9.53 Å². The zero-order valence-corrected chi connectivity index (χ0v) is 13.9. The molecule has 2 aromatic rings. The van der Waals surface area contributed by atoms with Crippen molar-refractivity contribution in [1.29, 1.82) is 0 Å². The Morgan fingerprint density at radius 3 is 2.65 bits per heavy atom. The molecule has 0 fully saturated rings. The van der Waals surface area contributed by atoms with Crippen LogP contribution in [-0.4, -0.2) is 22.5 Å². The van der Waals surface area contributed by atoms with E-state index in [0.717, 1.165) is 17.7 Å². The molecule has 2 rings (SSSR count). The molecular weight excluding hydrogens is 290 g/mol. The first-order valence-corrected chi connectivity index (χ1v) is 7.77. The zero-order chi connectivity index (χ0) is 16.7. The summed E-state index contributed by atoms with van der Waals surface area (Å²) in [6.07, 6.45) is 2.49. The number of ether oxygens (including phenoxy) is 1. The molecule has 5 nitrogen and oxygen atoms in total. The van der Waals surface area contributed by atoms with Crippen molar-refractivity contribution >= 4 is 11.8 Å². The van der Waals surface area contributed by atoms with E-state index in [1.54, 1.807) is 0 Å².